The molecule has 1 saturated heterocycles. The second kappa shape index (κ2) is 5.22. The van der Waals surface area contributed by atoms with E-state index in [1.165, 1.54) is 0 Å². The number of rotatable bonds is 3. The van der Waals surface area contributed by atoms with Gasteiger partial charge in [-0.2, -0.15) is 13.2 Å². The van der Waals surface area contributed by atoms with E-state index in [0.29, 0.717) is 19.4 Å². The van der Waals surface area contributed by atoms with Crippen molar-refractivity contribution in [3.8, 4) is 0 Å². The van der Waals surface area contributed by atoms with E-state index in [9.17, 15) is 18.3 Å². The van der Waals surface area contributed by atoms with Crippen LogP contribution in [0.25, 0.3) is 0 Å². The molecule has 0 aromatic rings. The molecule has 0 bridgehead atoms. The minimum absolute atomic E-state index is 0.149. The Kier molecular flexibility index (Phi) is 4.14. The lowest BCUT2D eigenvalue weighted by atomic mass is 9.81. The molecular formula is C13H23F3N2O. The van der Waals surface area contributed by atoms with Crippen LogP contribution in [-0.2, 0) is 0 Å². The van der Waals surface area contributed by atoms with Crippen LogP contribution in [0.3, 0.4) is 0 Å². The van der Waals surface area contributed by atoms with Crippen molar-refractivity contribution in [2.75, 3.05) is 32.7 Å². The molecule has 112 valence electrons. The zero-order valence-corrected chi connectivity index (χ0v) is 11.4. The van der Waals surface area contributed by atoms with Gasteiger partial charge in [0, 0.05) is 32.7 Å². The Balaban J connectivity index is 2.04. The minimum atomic E-state index is -4.51. The van der Waals surface area contributed by atoms with Gasteiger partial charge in [0.25, 0.3) is 0 Å². The largest absolute Gasteiger partial charge is 0.417 e. The molecule has 2 unspecified atom stereocenters. The topological polar surface area (TPSA) is 35.5 Å². The smallest absolute Gasteiger partial charge is 0.380 e. The van der Waals surface area contributed by atoms with Crippen LogP contribution >= 0.6 is 0 Å². The molecular weight excluding hydrogens is 257 g/mol. The normalized spacial score (nSPS) is 37.7. The molecule has 1 heterocycles. The van der Waals surface area contributed by atoms with Crippen molar-refractivity contribution in [3.05, 3.63) is 0 Å². The van der Waals surface area contributed by atoms with Gasteiger partial charge in [0.05, 0.1) is 0 Å². The van der Waals surface area contributed by atoms with Crippen molar-refractivity contribution in [3.63, 3.8) is 0 Å². The fourth-order valence-corrected chi connectivity index (χ4v) is 3.40. The number of alkyl halides is 3. The van der Waals surface area contributed by atoms with Crippen LogP contribution in [0, 0.1) is 5.41 Å². The first-order valence-corrected chi connectivity index (χ1v) is 7.02. The maximum Gasteiger partial charge on any atom is 0.417 e. The van der Waals surface area contributed by atoms with E-state index < -0.39 is 11.8 Å². The molecule has 2 aliphatic rings. The minimum Gasteiger partial charge on any atom is -0.380 e. The Labute approximate surface area is 112 Å². The Morgan fingerprint density at radius 2 is 1.84 bits per heavy atom. The number of halogens is 3. The summed E-state index contributed by atoms with van der Waals surface area (Å²) in [5, 5.41) is 13.1. The maximum absolute atomic E-state index is 12.9. The van der Waals surface area contributed by atoms with Crippen molar-refractivity contribution in [2.24, 2.45) is 5.41 Å². The van der Waals surface area contributed by atoms with Gasteiger partial charge in [-0.3, -0.25) is 0 Å². The third-order valence-corrected chi connectivity index (χ3v) is 4.78. The summed E-state index contributed by atoms with van der Waals surface area (Å²) in [6.07, 6.45) is -3.66. The van der Waals surface area contributed by atoms with Crippen LogP contribution in [0.1, 0.15) is 32.6 Å². The highest BCUT2D eigenvalue weighted by Gasteiger charge is 2.61. The van der Waals surface area contributed by atoms with Crippen LogP contribution < -0.4 is 5.32 Å². The van der Waals surface area contributed by atoms with Gasteiger partial charge >= 0.3 is 6.18 Å². The lowest BCUT2D eigenvalue weighted by Gasteiger charge is -2.38. The number of nitrogens with one attached hydrogen (secondary N) is 1. The van der Waals surface area contributed by atoms with E-state index in [4.69, 9.17) is 0 Å². The predicted octanol–water partition coefficient (Wildman–Crippen LogP) is 1.77. The van der Waals surface area contributed by atoms with Crippen LogP contribution in [0.4, 0.5) is 13.2 Å². The molecule has 2 N–H and O–H groups in total. The molecule has 0 aromatic carbocycles. The molecule has 6 heteroatoms. The van der Waals surface area contributed by atoms with Gasteiger partial charge in [0.1, 0.15) is 0 Å². The third kappa shape index (κ3) is 3.06. The highest BCUT2D eigenvalue weighted by molar-refractivity contribution is 5.02. The molecule has 3 nitrogen and oxygen atoms in total. The first-order valence-electron chi connectivity index (χ1n) is 7.02. The lowest BCUT2D eigenvalue weighted by molar-refractivity contribution is -0.260. The SMILES string of the molecule is CCC1(CN2CCNCC2)CCC(O)(C(F)(F)F)C1. The maximum atomic E-state index is 12.9. The molecule has 1 saturated carbocycles. The number of hydrogen-bond donors (Lipinski definition) is 2. The van der Waals surface area contributed by atoms with Crippen molar-refractivity contribution >= 4 is 0 Å². The summed E-state index contributed by atoms with van der Waals surface area (Å²) in [5.74, 6) is 0. The molecule has 0 radical (unpaired) electrons. The van der Waals surface area contributed by atoms with Crippen LogP contribution in [0.5, 0.6) is 0 Å². The Bertz CT molecular complexity index is 318. The van der Waals surface area contributed by atoms with Crippen molar-refractivity contribution in [1.82, 2.24) is 10.2 Å². The zero-order chi connectivity index (χ0) is 14.1. The van der Waals surface area contributed by atoms with E-state index in [0.717, 1.165) is 26.2 Å². The third-order valence-electron chi connectivity index (χ3n) is 4.78. The molecule has 2 fully saturated rings. The zero-order valence-electron chi connectivity index (χ0n) is 11.4. The number of hydrogen-bond acceptors (Lipinski definition) is 3. The van der Waals surface area contributed by atoms with E-state index >= 15 is 0 Å². The number of nitrogens with zero attached hydrogens (tertiary/aromatic N) is 1. The van der Waals surface area contributed by atoms with Gasteiger partial charge in [-0.25, -0.2) is 0 Å². The molecule has 0 aromatic heterocycles. The first kappa shape index (κ1) is 15.1. The predicted molar refractivity (Wildman–Crippen MR) is 66.9 cm³/mol. The van der Waals surface area contributed by atoms with Crippen LogP contribution in [-0.4, -0.2) is 54.5 Å². The van der Waals surface area contributed by atoms with Crippen molar-refractivity contribution in [2.45, 2.75) is 44.4 Å². The van der Waals surface area contributed by atoms with Crippen molar-refractivity contribution in [1.29, 1.82) is 0 Å². The van der Waals surface area contributed by atoms with Crippen molar-refractivity contribution < 1.29 is 18.3 Å². The summed E-state index contributed by atoms with van der Waals surface area (Å²) in [6.45, 7) is 6.15. The second-order valence-electron chi connectivity index (χ2n) is 6.09. The average molecular weight is 280 g/mol. The molecule has 1 aliphatic heterocycles. The van der Waals surface area contributed by atoms with E-state index in [1.807, 2.05) is 6.92 Å². The molecule has 0 amide bonds. The first-order chi connectivity index (χ1) is 8.80. The monoisotopic (exact) mass is 280 g/mol. The van der Waals surface area contributed by atoms with E-state index in [-0.39, 0.29) is 18.3 Å². The summed E-state index contributed by atoms with van der Waals surface area (Å²) in [4.78, 5) is 2.22. The fourth-order valence-electron chi connectivity index (χ4n) is 3.40. The molecule has 19 heavy (non-hydrogen) atoms. The summed E-state index contributed by atoms with van der Waals surface area (Å²) in [6, 6.07) is 0. The summed E-state index contributed by atoms with van der Waals surface area (Å²) >= 11 is 0. The van der Waals surface area contributed by atoms with Gasteiger partial charge in [-0.15, -0.1) is 0 Å². The van der Waals surface area contributed by atoms with Gasteiger partial charge in [0.15, 0.2) is 5.60 Å². The summed E-state index contributed by atoms with van der Waals surface area (Å²) in [5.41, 5.74) is -2.86. The molecule has 2 atom stereocenters. The Morgan fingerprint density at radius 1 is 1.21 bits per heavy atom. The average Bonchev–Trinajstić information content (AvgIpc) is 2.70. The summed E-state index contributed by atoms with van der Waals surface area (Å²) in [7, 11) is 0. The number of aliphatic hydroxyl groups is 1. The quantitative estimate of drug-likeness (QED) is 0.827. The van der Waals surface area contributed by atoms with E-state index in [2.05, 4.69) is 10.2 Å². The Hall–Kier alpha value is -0.330. The number of piperazine rings is 1. The highest BCUT2D eigenvalue weighted by atomic mass is 19.4. The van der Waals surface area contributed by atoms with Crippen LogP contribution in [0.2, 0.25) is 0 Å². The van der Waals surface area contributed by atoms with Crippen LogP contribution in [0.15, 0.2) is 0 Å². The van der Waals surface area contributed by atoms with Gasteiger partial charge < -0.3 is 15.3 Å². The second-order valence-corrected chi connectivity index (χ2v) is 6.09. The lowest BCUT2D eigenvalue weighted by Crippen LogP contribution is -2.49. The van der Waals surface area contributed by atoms with Gasteiger partial charge in [0.2, 0.25) is 0 Å². The molecule has 2 rings (SSSR count). The van der Waals surface area contributed by atoms with Gasteiger partial charge in [-0.1, -0.05) is 6.92 Å². The molecule has 1 aliphatic carbocycles. The fraction of sp³-hybridized carbons (Fsp3) is 1.00. The highest BCUT2D eigenvalue weighted by Crippen LogP contribution is 2.53. The van der Waals surface area contributed by atoms with E-state index in [1.54, 1.807) is 0 Å². The standard InChI is InChI=1S/C13H23F3N2O/c1-2-11(10-18-7-5-17-6-8-18)3-4-12(19,9-11)13(14,15)16/h17,19H,2-10H2,1H3. The summed E-state index contributed by atoms with van der Waals surface area (Å²) < 4.78 is 38.8. The Morgan fingerprint density at radius 3 is 2.32 bits per heavy atom. The molecule has 0 spiro atoms. The van der Waals surface area contributed by atoms with Gasteiger partial charge in [-0.05, 0) is 31.1 Å².